The number of ether oxygens (including phenoxy) is 6. The lowest BCUT2D eigenvalue weighted by atomic mass is 10.0. The monoisotopic (exact) mass is 528 g/mol. The molecule has 0 amide bonds. The van der Waals surface area contributed by atoms with Gasteiger partial charge in [0, 0.05) is 18.8 Å². The van der Waals surface area contributed by atoms with Gasteiger partial charge in [0.15, 0.2) is 6.29 Å². The van der Waals surface area contributed by atoms with Crippen LogP contribution in [0.15, 0.2) is 25.3 Å². The predicted molar refractivity (Wildman–Crippen MR) is 145 cm³/mol. The lowest BCUT2D eigenvalue weighted by molar-refractivity contribution is -0.185. The van der Waals surface area contributed by atoms with Crippen LogP contribution in [0.25, 0.3) is 0 Å². The van der Waals surface area contributed by atoms with E-state index in [1.807, 2.05) is 13.8 Å². The van der Waals surface area contributed by atoms with Gasteiger partial charge in [-0.25, -0.2) is 9.59 Å². The Hall–Kier alpha value is -1.74. The quantitative estimate of drug-likeness (QED) is 0.117. The number of carbonyl (C=O) groups excluding carboxylic acids is 2. The summed E-state index contributed by atoms with van der Waals surface area (Å²) in [6.45, 7) is 14.4. The van der Waals surface area contributed by atoms with Gasteiger partial charge in [-0.1, -0.05) is 84.3 Å². The lowest BCUT2D eigenvalue weighted by Gasteiger charge is -2.16. The predicted octanol–water partition coefficient (Wildman–Crippen LogP) is 6.27. The minimum atomic E-state index is -0.732. The topological polar surface area (TPSA) is 89.5 Å². The first-order valence-corrected chi connectivity index (χ1v) is 14.0. The van der Waals surface area contributed by atoms with E-state index in [0.29, 0.717) is 19.8 Å². The maximum Gasteiger partial charge on any atom is 0.332 e. The van der Waals surface area contributed by atoms with E-state index in [0.717, 1.165) is 18.9 Å². The largest absolute Gasteiger partial charge is 0.460 e. The number of carbonyl (C=O) groups is 2. The highest BCUT2D eigenvalue weighted by atomic mass is 16.7. The Labute approximate surface area is 225 Å². The summed E-state index contributed by atoms with van der Waals surface area (Å²) in [6, 6.07) is 0. The molecule has 1 fully saturated rings. The van der Waals surface area contributed by atoms with E-state index in [1.54, 1.807) is 0 Å². The minimum absolute atomic E-state index is 0.0269. The van der Waals surface area contributed by atoms with Gasteiger partial charge in [0.05, 0.1) is 25.9 Å². The number of esters is 2. The zero-order chi connectivity index (χ0) is 27.6. The van der Waals surface area contributed by atoms with Crippen molar-refractivity contribution in [2.24, 2.45) is 0 Å². The van der Waals surface area contributed by atoms with E-state index >= 15 is 0 Å². The zero-order valence-electron chi connectivity index (χ0n) is 23.6. The molecule has 3 atom stereocenters. The second-order valence-corrected chi connectivity index (χ2v) is 9.01. The Bertz CT molecular complexity index is 580. The molecule has 0 radical (unpaired) electrons. The Morgan fingerprint density at radius 3 is 1.86 bits per heavy atom. The summed E-state index contributed by atoms with van der Waals surface area (Å²) in [5.41, 5.74) is 0. The van der Waals surface area contributed by atoms with Crippen LogP contribution in [0.5, 0.6) is 0 Å². The molecule has 0 N–H and O–H groups in total. The van der Waals surface area contributed by atoms with Gasteiger partial charge in [0.1, 0.15) is 6.61 Å². The van der Waals surface area contributed by atoms with Crippen molar-refractivity contribution in [3.8, 4) is 0 Å². The van der Waals surface area contributed by atoms with Gasteiger partial charge in [0.2, 0.25) is 6.29 Å². The Kier molecular flexibility index (Phi) is 24.7. The summed E-state index contributed by atoms with van der Waals surface area (Å²) >= 11 is 0. The van der Waals surface area contributed by atoms with Crippen LogP contribution in [0.3, 0.4) is 0 Å². The fraction of sp³-hybridized carbons (Fsp3) is 0.793. The summed E-state index contributed by atoms with van der Waals surface area (Å²) in [5, 5.41) is 0. The second-order valence-electron chi connectivity index (χ2n) is 9.01. The highest BCUT2D eigenvalue weighted by Gasteiger charge is 2.18. The number of hydrogen-bond acceptors (Lipinski definition) is 8. The van der Waals surface area contributed by atoms with Gasteiger partial charge < -0.3 is 28.4 Å². The molecule has 0 aromatic rings. The van der Waals surface area contributed by atoms with Crippen LogP contribution in [0.2, 0.25) is 0 Å². The Morgan fingerprint density at radius 2 is 1.32 bits per heavy atom. The fourth-order valence-corrected chi connectivity index (χ4v) is 3.64. The molecular formula is C29H52O8. The number of hydrogen-bond donors (Lipinski definition) is 0. The molecule has 216 valence electrons. The first-order chi connectivity index (χ1) is 18.0. The fourth-order valence-electron chi connectivity index (χ4n) is 3.64. The highest BCUT2D eigenvalue weighted by molar-refractivity contribution is 5.81. The third kappa shape index (κ3) is 23.1. The van der Waals surface area contributed by atoms with Crippen LogP contribution in [0, 0.1) is 0 Å². The van der Waals surface area contributed by atoms with Crippen molar-refractivity contribution in [3.63, 3.8) is 0 Å². The normalized spacial score (nSPS) is 18.7. The van der Waals surface area contributed by atoms with E-state index < -0.39 is 18.5 Å². The van der Waals surface area contributed by atoms with Gasteiger partial charge >= 0.3 is 11.9 Å². The summed E-state index contributed by atoms with van der Waals surface area (Å²) < 4.78 is 31.3. The molecule has 1 aliphatic heterocycles. The van der Waals surface area contributed by atoms with Crippen molar-refractivity contribution >= 4 is 11.9 Å². The molecule has 1 saturated heterocycles. The summed E-state index contributed by atoms with van der Waals surface area (Å²) in [6.07, 6.45) is 17.0. The van der Waals surface area contributed by atoms with Crippen molar-refractivity contribution in [2.45, 2.75) is 117 Å². The Balaban J connectivity index is 0.000000708. The van der Waals surface area contributed by atoms with Gasteiger partial charge in [-0.05, 0) is 26.7 Å². The van der Waals surface area contributed by atoms with Crippen LogP contribution in [0.4, 0.5) is 0 Å². The van der Waals surface area contributed by atoms with Gasteiger partial charge in [-0.15, -0.1) is 0 Å². The average molecular weight is 529 g/mol. The molecule has 0 bridgehead atoms. The highest BCUT2D eigenvalue weighted by Crippen LogP contribution is 2.13. The average Bonchev–Trinajstić information content (AvgIpc) is 3.00. The molecule has 0 aromatic carbocycles. The maximum absolute atomic E-state index is 11.0. The van der Waals surface area contributed by atoms with Crippen molar-refractivity contribution < 1.29 is 38.0 Å². The summed E-state index contributed by atoms with van der Waals surface area (Å²) in [7, 11) is 0. The van der Waals surface area contributed by atoms with Gasteiger partial charge in [0.25, 0.3) is 0 Å². The molecule has 0 saturated carbocycles. The van der Waals surface area contributed by atoms with E-state index in [-0.39, 0.29) is 25.3 Å². The summed E-state index contributed by atoms with van der Waals surface area (Å²) in [4.78, 5) is 22.0. The molecule has 0 aromatic heterocycles. The molecule has 8 heteroatoms. The molecule has 3 unspecified atom stereocenters. The summed E-state index contributed by atoms with van der Waals surface area (Å²) in [5.74, 6) is -0.847. The van der Waals surface area contributed by atoms with Crippen LogP contribution in [0.1, 0.15) is 97.8 Å². The lowest BCUT2D eigenvalue weighted by Crippen LogP contribution is -2.27. The third-order valence-electron chi connectivity index (χ3n) is 5.66. The molecule has 1 aliphatic rings. The van der Waals surface area contributed by atoms with Crippen LogP contribution >= 0.6 is 0 Å². The SMILES string of the molecule is C=CC(=O)OC(C)CCCCCCCCCCCCC.C=CC(=O)OC1COCC(OCC)OCCO1. The molecule has 37 heavy (non-hydrogen) atoms. The molecule has 1 rings (SSSR count). The molecular weight excluding hydrogens is 476 g/mol. The first-order valence-electron chi connectivity index (χ1n) is 14.0. The minimum Gasteiger partial charge on any atom is -0.460 e. The van der Waals surface area contributed by atoms with E-state index in [9.17, 15) is 9.59 Å². The van der Waals surface area contributed by atoms with Crippen LogP contribution < -0.4 is 0 Å². The van der Waals surface area contributed by atoms with Gasteiger partial charge in [-0.3, -0.25) is 0 Å². The van der Waals surface area contributed by atoms with Crippen LogP contribution in [-0.4, -0.2) is 63.7 Å². The number of rotatable bonds is 18. The maximum atomic E-state index is 11.0. The van der Waals surface area contributed by atoms with E-state index in [1.165, 1.54) is 70.3 Å². The van der Waals surface area contributed by atoms with Crippen molar-refractivity contribution in [3.05, 3.63) is 25.3 Å². The molecule has 1 heterocycles. The van der Waals surface area contributed by atoms with Crippen molar-refractivity contribution in [1.82, 2.24) is 0 Å². The second kappa shape index (κ2) is 25.9. The van der Waals surface area contributed by atoms with E-state index in [4.69, 9.17) is 28.4 Å². The zero-order valence-corrected chi connectivity index (χ0v) is 23.6. The molecule has 8 nitrogen and oxygen atoms in total. The van der Waals surface area contributed by atoms with Crippen molar-refractivity contribution in [2.75, 3.05) is 33.0 Å². The molecule has 0 aliphatic carbocycles. The Morgan fingerprint density at radius 1 is 0.811 bits per heavy atom. The standard InChI is InChI=1S/C18H34O2.C11H18O6/c1-4-6-7-8-9-10-11-12-13-14-15-16-17(3)20-18(19)5-2;1-3-9(12)17-11-8-13-7-10(14-4-2)15-5-6-16-11/h5,17H,2,4,6-16H2,1,3H3;3,10-11H,1,4-8H2,2H3. The van der Waals surface area contributed by atoms with Crippen LogP contribution in [-0.2, 0) is 38.0 Å². The third-order valence-corrected chi connectivity index (χ3v) is 5.66. The van der Waals surface area contributed by atoms with Gasteiger partial charge in [-0.2, -0.15) is 0 Å². The van der Waals surface area contributed by atoms with Crippen molar-refractivity contribution in [1.29, 1.82) is 0 Å². The van der Waals surface area contributed by atoms with E-state index in [2.05, 4.69) is 20.1 Å². The number of unbranched alkanes of at least 4 members (excludes halogenated alkanes) is 10. The smallest absolute Gasteiger partial charge is 0.332 e. The molecule has 0 spiro atoms. The first kappa shape index (κ1) is 35.3.